The van der Waals surface area contributed by atoms with Gasteiger partial charge in [0.25, 0.3) is 0 Å². The molecule has 1 fully saturated rings. The maximum absolute atomic E-state index is 13.5. The van der Waals surface area contributed by atoms with E-state index in [4.69, 9.17) is 9.57 Å². The highest BCUT2D eigenvalue weighted by atomic mass is 32.2. The third-order valence-electron chi connectivity index (χ3n) is 5.61. The van der Waals surface area contributed by atoms with Gasteiger partial charge in [0.2, 0.25) is 15.7 Å². The molecule has 0 radical (unpaired) electrons. The summed E-state index contributed by atoms with van der Waals surface area (Å²) in [6, 6.07) is 11.0. The number of piperidine rings is 1. The number of carbonyl (C=O) groups is 1. The van der Waals surface area contributed by atoms with Gasteiger partial charge in [-0.25, -0.2) is 12.8 Å². The zero-order valence-corrected chi connectivity index (χ0v) is 19.1. The third-order valence-corrected chi connectivity index (χ3v) is 6.20. The molecule has 1 unspecified atom stereocenters. The number of halogens is 1. The molecule has 1 saturated heterocycles. The number of oxime groups is 1. The van der Waals surface area contributed by atoms with E-state index in [2.05, 4.69) is 9.88 Å². The van der Waals surface area contributed by atoms with Gasteiger partial charge in [0, 0.05) is 12.1 Å². The van der Waals surface area contributed by atoms with Crippen LogP contribution in [-0.4, -0.2) is 45.3 Å². The Hall–Kier alpha value is -3.40. The molecular formula is C23H24FN3O5S. The largest absolute Gasteiger partial charge is 0.495 e. The van der Waals surface area contributed by atoms with E-state index in [-0.39, 0.29) is 12.2 Å². The summed E-state index contributed by atoms with van der Waals surface area (Å²) in [5, 5.41) is 4.31. The van der Waals surface area contributed by atoms with Gasteiger partial charge in [0.1, 0.15) is 17.9 Å². The Labute approximate surface area is 191 Å². The fourth-order valence-electron chi connectivity index (χ4n) is 4.16. The zero-order valence-electron chi connectivity index (χ0n) is 18.2. The van der Waals surface area contributed by atoms with Crippen LogP contribution in [0.2, 0.25) is 0 Å². The summed E-state index contributed by atoms with van der Waals surface area (Å²) in [7, 11) is -1.98. The Morgan fingerprint density at radius 3 is 2.70 bits per heavy atom. The Morgan fingerprint density at radius 2 is 2.03 bits per heavy atom. The quantitative estimate of drug-likeness (QED) is 0.619. The topological polar surface area (TPSA) is 97.3 Å². The van der Waals surface area contributed by atoms with Crippen LogP contribution in [0.5, 0.6) is 5.75 Å². The third kappa shape index (κ3) is 4.56. The van der Waals surface area contributed by atoms with Crippen molar-refractivity contribution in [3.05, 3.63) is 65.0 Å². The summed E-state index contributed by atoms with van der Waals surface area (Å²) in [4.78, 5) is 19.3. The second-order valence-corrected chi connectivity index (χ2v) is 9.68. The summed E-state index contributed by atoms with van der Waals surface area (Å²) < 4.78 is 44.4. The number of sulfonamides is 1. The van der Waals surface area contributed by atoms with Crippen molar-refractivity contribution in [1.82, 2.24) is 4.90 Å². The standard InChI is InChI=1S/C23H24FN3O5S/c1-31-21-15-16(5-10-20(21)26-33(2,29)30)14-17-4-3-12-27-22(17)25-32-23(27,11-13-28)18-6-8-19(24)9-7-18/h5-10,13-15,26H,3-4,11-12H2,1-2H3/b17-14+. The van der Waals surface area contributed by atoms with Gasteiger partial charge in [-0.05, 0) is 54.3 Å². The summed E-state index contributed by atoms with van der Waals surface area (Å²) in [5.41, 5.74) is 1.57. The minimum Gasteiger partial charge on any atom is -0.495 e. The van der Waals surface area contributed by atoms with Crippen molar-refractivity contribution >= 4 is 33.9 Å². The number of nitrogens with one attached hydrogen (secondary N) is 1. The summed E-state index contributed by atoms with van der Waals surface area (Å²) in [5.74, 6) is 0.625. The molecule has 0 aromatic heterocycles. The van der Waals surface area contributed by atoms with Crippen LogP contribution in [0.1, 0.15) is 30.4 Å². The monoisotopic (exact) mass is 473 g/mol. The van der Waals surface area contributed by atoms with Crippen molar-refractivity contribution < 1.29 is 27.2 Å². The van der Waals surface area contributed by atoms with Gasteiger partial charge in [-0.3, -0.25) is 4.72 Å². The molecule has 0 aliphatic carbocycles. The van der Waals surface area contributed by atoms with Crippen LogP contribution in [0.4, 0.5) is 10.1 Å². The number of rotatable bonds is 7. The average Bonchev–Trinajstić information content (AvgIpc) is 3.15. The van der Waals surface area contributed by atoms with E-state index in [1.165, 1.54) is 19.2 Å². The molecule has 174 valence electrons. The van der Waals surface area contributed by atoms with Crippen LogP contribution in [0.25, 0.3) is 6.08 Å². The van der Waals surface area contributed by atoms with Crippen LogP contribution >= 0.6 is 0 Å². The van der Waals surface area contributed by atoms with E-state index in [1.807, 2.05) is 11.0 Å². The molecule has 0 saturated carbocycles. The second-order valence-electron chi connectivity index (χ2n) is 7.93. The molecule has 33 heavy (non-hydrogen) atoms. The number of ether oxygens (including phenoxy) is 1. The van der Waals surface area contributed by atoms with Gasteiger partial charge in [-0.2, -0.15) is 0 Å². The molecule has 4 rings (SSSR count). The van der Waals surface area contributed by atoms with Gasteiger partial charge < -0.3 is 19.3 Å². The number of nitrogens with zero attached hydrogens (tertiary/aromatic N) is 2. The van der Waals surface area contributed by atoms with Crippen molar-refractivity contribution in [2.45, 2.75) is 25.0 Å². The lowest BCUT2D eigenvalue weighted by atomic mass is 9.92. The first-order valence-corrected chi connectivity index (χ1v) is 12.3. The van der Waals surface area contributed by atoms with E-state index < -0.39 is 15.7 Å². The predicted octanol–water partition coefficient (Wildman–Crippen LogP) is 3.47. The van der Waals surface area contributed by atoms with Crippen molar-refractivity contribution in [2.75, 3.05) is 24.6 Å². The van der Waals surface area contributed by atoms with Gasteiger partial charge in [0.15, 0.2) is 5.84 Å². The molecule has 0 amide bonds. The number of methoxy groups -OCH3 is 1. The Balaban J connectivity index is 1.67. The van der Waals surface area contributed by atoms with E-state index >= 15 is 0 Å². The maximum atomic E-state index is 13.5. The number of carbonyl (C=O) groups excluding carboxylic acids is 1. The molecule has 2 aliphatic heterocycles. The minimum atomic E-state index is -3.45. The maximum Gasteiger partial charge on any atom is 0.243 e. The Bertz CT molecular complexity index is 1230. The van der Waals surface area contributed by atoms with Gasteiger partial charge in [-0.1, -0.05) is 23.4 Å². The highest BCUT2D eigenvalue weighted by molar-refractivity contribution is 7.92. The first-order valence-electron chi connectivity index (χ1n) is 10.4. The van der Waals surface area contributed by atoms with Gasteiger partial charge in [-0.15, -0.1) is 0 Å². The number of amidine groups is 1. The fraction of sp³-hybridized carbons (Fsp3) is 0.304. The first kappa shape index (κ1) is 22.8. The van der Waals surface area contributed by atoms with Crippen LogP contribution < -0.4 is 9.46 Å². The van der Waals surface area contributed by atoms with Crippen LogP contribution in [0.3, 0.4) is 0 Å². The molecule has 0 spiro atoms. The molecule has 1 atom stereocenters. The number of fused-ring (bicyclic) bond motifs is 1. The van der Waals surface area contributed by atoms with Crippen LogP contribution in [-0.2, 0) is 25.4 Å². The Morgan fingerprint density at radius 1 is 1.27 bits per heavy atom. The van der Waals surface area contributed by atoms with Crippen LogP contribution in [0.15, 0.2) is 53.2 Å². The molecule has 2 aromatic rings. The van der Waals surface area contributed by atoms with E-state index in [1.54, 1.807) is 30.3 Å². The number of hydrogen-bond donors (Lipinski definition) is 1. The van der Waals surface area contributed by atoms with Crippen LogP contribution in [0, 0.1) is 5.82 Å². The lowest BCUT2D eigenvalue weighted by Crippen LogP contribution is -2.49. The fourth-order valence-corrected chi connectivity index (χ4v) is 4.73. The summed E-state index contributed by atoms with van der Waals surface area (Å²) >= 11 is 0. The summed E-state index contributed by atoms with van der Waals surface area (Å²) in [6.07, 6.45) is 5.37. The Kier molecular flexibility index (Phi) is 6.11. The first-order chi connectivity index (χ1) is 15.8. The lowest BCUT2D eigenvalue weighted by molar-refractivity contribution is -0.132. The number of anilines is 1. The van der Waals surface area contributed by atoms with Crippen molar-refractivity contribution in [2.24, 2.45) is 5.16 Å². The lowest BCUT2D eigenvalue weighted by Gasteiger charge is -2.39. The number of hydrogen-bond acceptors (Lipinski definition) is 7. The SMILES string of the molecule is COc1cc(/C=C2\CCCN3C2=NOC3(CC=O)c2ccc(F)cc2)ccc1NS(C)(=O)=O. The van der Waals surface area contributed by atoms with Crippen molar-refractivity contribution in [1.29, 1.82) is 0 Å². The minimum absolute atomic E-state index is 0.0403. The molecule has 2 aromatic carbocycles. The van der Waals surface area contributed by atoms with E-state index in [0.717, 1.165) is 36.5 Å². The molecule has 10 heteroatoms. The van der Waals surface area contributed by atoms with E-state index in [9.17, 15) is 17.6 Å². The summed E-state index contributed by atoms with van der Waals surface area (Å²) in [6.45, 7) is 0.627. The predicted molar refractivity (Wildman–Crippen MR) is 123 cm³/mol. The van der Waals surface area contributed by atoms with Gasteiger partial charge in [0.05, 0.1) is 25.5 Å². The number of aldehydes is 1. The smallest absolute Gasteiger partial charge is 0.243 e. The molecule has 0 bridgehead atoms. The zero-order chi connectivity index (χ0) is 23.6. The van der Waals surface area contributed by atoms with Gasteiger partial charge >= 0.3 is 0 Å². The van der Waals surface area contributed by atoms with E-state index in [0.29, 0.717) is 29.4 Å². The second kappa shape index (κ2) is 8.86. The highest BCUT2D eigenvalue weighted by Gasteiger charge is 2.49. The molecule has 2 heterocycles. The molecule has 1 N–H and O–H groups in total. The molecule has 2 aliphatic rings. The molecule has 8 nitrogen and oxygen atoms in total. The van der Waals surface area contributed by atoms with Crippen molar-refractivity contribution in [3.63, 3.8) is 0 Å². The average molecular weight is 474 g/mol. The molecular weight excluding hydrogens is 449 g/mol. The normalized spacial score (nSPS) is 21.2. The highest BCUT2D eigenvalue weighted by Crippen LogP contribution is 2.42. The number of benzene rings is 2. The van der Waals surface area contributed by atoms with Crippen molar-refractivity contribution in [3.8, 4) is 5.75 Å².